The number of hydrogen-bond donors (Lipinski definition) is 0. The van der Waals surface area contributed by atoms with Gasteiger partial charge in [-0.05, 0) is 48.2 Å². The Labute approximate surface area is 163 Å². The molecular weight excluding hydrogens is 385 g/mol. The summed E-state index contributed by atoms with van der Waals surface area (Å²) < 4.78 is 15.7. The van der Waals surface area contributed by atoms with Crippen LogP contribution < -0.4 is 0 Å². The van der Waals surface area contributed by atoms with Crippen LogP contribution in [0.5, 0.6) is 0 Å². The van der Waals surface area contributed by atoms with Crippen molar-refractivity contribution in [3.05, 3.63) is 64.9 Å². The van der Waals surface area contributed by atoms with E-state index in [9.17, 15) is 9.65 Å². The van der Waals surface area contributed by atoms with Gasteiger partial charge in [-0.15, -0.1) is 10.2 Å². The summed E-state index contributed by atoms with van der Waals surface area (Å²) >= 11 is 7.27. The average molecular weight is 396 g/mol. The summed E-state index contributed by atoms with van der Waals surface area (Å²) in [4.78, 5) is 4.56. The zero-order chi connectivity index (χ0) is 19.0. The molecular formula is C19H11ClFN5S. The molecule has 4 aromatic rings. The maximum absolute atomic E-state index is 14.1. The Morgan fingerprint density at radius 3 is 2.74 bits per heavy atom. The van der Waals surface area contributed by atoms with Gasteiger partial charge in [0.15, 0.2) is 11.0 Å². The van der Waals surface area contributed by atoms with E-state index in [1.807, 2.05) is 0 Å². The lowest BCUT2D eigenvalue weighted by molar-refractivity contribution is 0.628. The summed E-state index contributed by atoms with van der Waals surface area (Å²) in [5, 5.41) is 20.1. The van der Waals surface area contributed by atoms with Crippen molar-refractivity contribution in [2.24, 2.45) is 7.05 Å². The van der Waals surface area contributed by atoms with Gasteiger partial charge in [-0.25, -0.2) is 9.37 Å². The molecule has 0 bridgehead atoms. The van der Waals surface area contributed by atoms with E-state index in [1.54, 1.807) is 54.1 Å². The molecule has 0 atom stereocenters. The molecule has 8 heteroatoms. The quantitative estimate of drug-likeness (QED) is 0.496. The minimum absolute atomic E-state index is 0.364. The van der Waals surface area contributed by atoms with Crippen molar-refractivity contribution in [1.82, 2.24) is 19.7 Å². The van der Waals surface area contributed by atoms with E-state index in [0.29, 0.717) is 43.1 Å². The molecule has 0 aliphatic carbocycles. The second-order valence-electron chi connectivity index (χ2n) is 5.73. The standard InChI is InChI=1S/C19H11ClFN5S/c1-26-18(13-4-2-3-5-15(13)21)24-25-19(26)27-17-8-11(10-22)14-9-12(20)6-7-16(14)23-17/h2-9H,1H3. The van der Waals surface area contributed by atoms with E-state index >= 15 is 0 Å². The van der Waals surface area contributed by atoms with Crippen molar-refractivity contribution in [3.8, 4) is 17.5 Å². The molecule has 132 valence electrons. The highest BCUT2D eigenvalue weighted by Crippen LogP contribution is 2.31. The summed E-state index contributed by atoms with van der Waals surface area (Å²) in [5.41, 5.74) is 1.51. The first-order chi connectivity index (χ1) is 13.1. The molecule has 2 aromatic heterocycles. The minimum atomic E-state index is -0.364. The van der Waals surface area contributed by atoms with Crippen LogP contribution in [0.3, 0.4) is 0 Å². The molecule has 0 radical (unpaired) electrons. The zero-order valence-corrected chi connectivity index (χ0v) is 15.6. The first kappa shape index (κ1) is 17.5. The largest absolute Gasteiger partial charge is 0.305 e. The minimum Gasteiger partial charge on any atom is -0.305 e. The SMILES string of the molecule is Cn1c(Sc2cc(C#N)c3cc(Cl)ccc3n2)nnc1-c1ccccc1F. The number of aromatic nitrogens is 4. The molecule has 0 amide bonds. The monoisotopic (exact) mass is 395 g/mol. The summed E-state index contributed by atoms with van der Waals surface area (Å²) in [6.07, 6.45) is 0. The van der Waals surface area contributed by atoms with Crippen LogP contribution in [0.25, 0.3) is 22.3 Å². The topological polar surface area (TPSA) is 67.4 Å². The smallest absolute Gasteiger partial charge is 0.197 e. The van der Waals surface area contributed by atoms with E-state index in [1.165, 1.54) is 17.8 Å². The van der Waals surface area contributed by atoms with Gasteiger partial charge < -0.3 is 4.57 Å². The molecule has 4 rings (SSSR count). The van der Waals surface area contributed by atoms with Gasteiger partial charge >= 0.3 is 0 Å². The van der Waals surface area contributed by atoms with Gasteiger partial charge in [0.1, 0.15) is 10.8 Å². The Morgan fingerprint density at radius 2 is 1.96 bits per heavy atom. The molecule has 0 aliphatic heterocycles. The molecule has 0 spiro atoms. The third-order valence-electron chi connectivity index (χ3n) is 4.01. The van der Waals surface area contributed by atoms with E-state index < -0.39 is 0 Å². The van der Waals surface area contributed by atoms with Gasteiger partial charge in [0, 0.05) is 17.5 Å². The number of hydrogen-bond acceptors (Lipinski definition) is 5. The van der Waals surface area contributed by atoms with Crippen molar-refractivity contribution in [1.29, 1.82) is 5.26 Å². The maximum atomic E-state index is 14.1. The molecule has 5 nitrogen and oxygen atoms in total. The number of halogens is 2. The Morgan fingerprint density at radius 1 is 1.15 bits per heavy atom. The molecule has 2 aromatic carbocycles. The molecule has 0 fully saturated rings. The predicted octanol–water partition coefficient (Wildman–Crippen LogP) is 4.85. The van der Waals surface area contributed by atoms with Crippen LogP contribution in [0, 0.1) is 17.1 Å². The van der Waals surface area contributed by atoms with Gasteiger partial charge in [0.25, 0.3) is 0 Å². The van der Waals surface area contributed by atoms with Crippen molar-refractivity contribution in [2.75, 3.05) is 0 Å². The van der Waals surface area contributed by atoms with Crippen LogP contribution >= 0.6 is 23.4 Å². The van der Waals surface area contributed by atoms with Crippen molar-refractivity contribution >= 4 is 34.3 Å². The zero-order valence-electron chi connectivity index (χ0n) is 14.0. The summed E-state index contributed by atoms with van der Waals surface area (Å²) in [6.45, 7) is 0. The second kappa shape index (κ2) is 6.99. The van der Waals surface area contributed by atoms with Gasteiger partial charge in [-0.1, -0.05) is 23.7 Å². The van der Waals surface area contributed by atoms with Crippen LogP contribution in [0.4, 0.5) is 4.39 Å². The van der Waals surface area contributed by atoms with Gasteiger partial charge in [0.2, 0.25) is 0 Å². The highest BCUT2D eigenvalue weighted by atomic mass is 35.5. The van der Waals surface area contributed by atoms with Gasteiger partial charge in [-0.2, -0.15) is 5.26 Å². The first-order valence-electron chi connectivity index (χ1n) is 7.89. The number of rotatable bonds is 3. The van der Waals surface area contributed by atoms with Gasteiger partial charge in [0.05, 0.1) is 22.7 Å². The van der Waals surface area contributed by atoms with Crippen LogP contribution in [0.2, 0.25) is 5.02 Å². The Hall–Kier alpha value is -2.95. The number of pyridine rings is 1. The average Bonchev–Trinajstić information content (AvgIpc) is 3.02. The van der Waals surface area contributed by atoms with E-state index in [4.69, 9.17) is 11.6 Å². The Kier molecular flexibility index (Phi) is 4.52. The molecule has 27 heavy (non-hydrogen) atoms. The fourth-order valence-corrected chi connectivity index (χ4v) is 3.68. The Bertz CT molecular complexity index is 1210. The predicted molar refractivity (Wildman–Crippen MR) is 102 cm³/mol. The van der Waals surface area contributed by atoms with Crippen molar-refractivity contribution < 1.29 is 4.39 Å². The molecule has 0 saturated heterocycles. The Balaban J connectivity index is 1.74. The van der Waals surface area contributed by atoms with E-state index in [-0.39, 0.29) is 5.82 Å². The number of nitrogens with zero attached hydrogens (tertiary/aromatic N) is 5. The third-order valence-corrected chi connectivity index (χ3v) is 5.20. The van der Waals surface area contributed by atoms with E-state index in [0.717, 1.165) is 0 Å². The number of benzene rings is 2. The van der Waals surface area contributed by atoms with Crippen LogP contribution in [0.15, 0.2) is 58.7 Å². The van der Waals surface area contributed by atoms with E-state index in [2.05, 4.69) is 21.3 Å². The molecule has 0 N–H and O–H groups in total. The highest BCUT2D eigenvalue weighted by molar-refractivity contribution is 7.99. The molecule has 0 unspecified atom stereocenters. The van der Waals surface area contributed by atoms with Crippen LogP contribution in [-0.4, -0.2) is 19.7 Å². The third kappa shape index (κ3) is 3.25. The molecule has 0 saturated carbocycles. The molecule has 2 heterocycles. The number of fused-ring (bicyclic) bond motifs is 1. The summed E-state index contributed by atoms with van der Waals surface area (Å²) in [6, 6.07) is 15.5. The molecule has 0 aliphatic rings. The normalized spacial score (nSPS) is 10.9. The fraction of sp³-hybridized carbons (Fsp3) is 0.0526. The lowest BCUT2D eigenvalue weighted by atomic mass is 10.1. The van der Waals surface area contributed by atoms with Crippen molar-refractivity contribution in [3.63, 3.8) is 0 Å². The number of nitriles is 1. The van der Waals surface area contributed by atoms with Crippen molar-refractivity contribution in [2.45, 2.75) is 10.2 Å². The fourth-order valence-electron chi connectivity index (χ4n) is 2.69. The van der Waals surface area contributed by atoms with Crippen LogP contribution in [-0.2, 0) is 7.05 Å². The summed E-state index contributed by atoms with van der Waals surface area (Å²) in [7, 11) is 1.76. The van der Waals surface area contributed by atoms with Gasteiger partial charge in [-0.3, -0.25) is 0 Å². The first-order valence-corrected chi connectivity index (χ1v) is 9.09. The highest BCUT2D eigenvalue weighted by Gasteiger charge is 2.16. The van der Waals surface area contributed by atoms with Crippen LogP contribution in [0.1, 0.15) is 5.56 Å². The second-order valence-corrected chi connectivity index (χ2v) is 7.15. The lowest BCUT2D eigenvalue weighted by Crippen LogP contribution is -1.97. The lowest BCUT2D eigenvalue weighted by Gasteiger charge is -2.06. The summed E-state index contributed by atoms with van der Waals surface area (Å²) in [5.74, 6) is 0.0562. The maximum Gasteiger partial charge on any atom is 0.197 e.